The highest BCUT2D eigenvalue weighted by Gasteiger charge is 2.20. The van der Waals surface area contributed by atoms with Crippen LogP contribution in [0.25, 0.3) is 0 Å². The van der Waals surface area contributed by atoms with Gasteiger partial charge in [0.05, 0.1) is 0 Å². The van der Waals surface area contributed by atoms with Crippen LogP contribution in [0.3, 0.4) is 0 Å². The number of anilines is 2. The molecule has 0 saturated carbocycles. The van der Waals surface area contributed by atoms with Crippen molar-refractivity contribution in [1.82, 2.24) is 14.9 Å². The molecule has 5 heteroatoms. The Balaban J connectivity index is 1.98. The summed E-state index contributed by atoms with van der Waals surface area (Å²) in [5.41, 5.74) is 2.19. The molecule has 0 bridgehead atoms. The molecule has 2 heterocycles. The highest BCUT2D eigenvalue weighted by atomic mass is 15.2. The highest BCUT2D eigenvalue weighted by Crippen LogP contribution is 2.20. The van der Waals surface area contributed by atoms with E-state index in [2.05, 4.69) is 34.2 Å². The molecule has 0 radical (unpaired) electrons. The molecule has 20 heavy (non-hydrogen) atoms. The fraction of sp³-hybridized carbons (Fsp3) is 0.733. The first-order valence-corrected chi connectivity index (χ1v) is 7.45. The lowest BCUT2D eigenvalue weighted by Crippen LogP contribution is -2.27. The van der Waals surface area contributed by atoms with Crippen LogP contribution in [0.15, 0.2) is 0 Å². The van der Waals surface area contributed by atoms with Crippen molar-refractivity contribution >= 4 is 11.8 Å². The summed E-state index contributed by atoms with van der Waals surface area (Å²) in [6, 6.07) is 0.721. The molecule has 1 N–H and O–H groups in total. The van der Waals surface area contributed by atoms with Gasteiger partial charge in [-0.1, -0.05) is 0 Å². The van der Waals surface area contributed by atoms with Gasteiger partial charge in [0.1, 0.15) is 5.82 Å². The summed E-state index contributed by atoms with van der Waals surface area (Å²) in [5.74, 6) is 1.75. The Kier molecular flexibility index (Phi) is 4.81. The van der Waals surface area contributed by atoms with Gasteiger partial charge >= 0.3 is 0 Å². The van der Waals surface area contributed by atoms with Crippen molar-refractivity contribution in [3.8, 4) is 0 Å². The van der Waals surface area contributed by atoms with Crippen LogP contribution in [0, 0.1) is 13.8 Å². The zero-order valence-electron chi connectivity index (χ0n) is 13.4. The molecule has 0 unspecified atom stereocenters. The van der Waals surface area contributed by atoms with Crippen molar-refractivity contribution in [3.63, 3.8) is 0 Å². The lowest BCUT2D eigenvalue weighted by atomic mass is 10.1. The number of aryl methyl sites for hydroxylation is 1. The van der Waals surface area contributed by atoms with E-state index in [4.69, 9.17) is 0 Å². The van der Waals surface area contributed by atoms with Crippen molar-refractivity contribution in [2.45, 2.75) is 39.2 Å². The lowest BCUT2D eigenvalue weighted by Gasteiger charge is -2.20. The predicted molar refractivity (Wildman–Crippen MR) is 84.6 cm³/mol. The minimum absolute atomic E-state index is 0.721. The molecular formula is C15H27N5. The predicted octanol–water partition coefficient (Wildman–Crippen LogP) is 2.06. The van der Waals surface area contributed by atoms with Crippen molar-refractivity contribution in [2.75, 3.05) is 44.4 Å². The van der Waals surface area contributed by atoms with Gasteiger partial charge in [0.2, 0.25) is 5.95 Å². The smallest absolute Gasteiger partial charge is 0.227 e. The second-order valence-electron chi connectivity index (χ2n) is 5.97. The Morgan fingerprint density at radius 3 is 2.65 bits per heavy atom. The van der Waals surface area contributed by atoms with Crippen LogP contribution in [0.2, 0.25) is 0 Å². The van der Waals surface area contributed by atoms with Crippen LogP contribution in [-0.4, -0.2) is 55.1 Å². The molecule has 5 nitrogen and oxygen atoms in total. The van der Waals surface area contributed by atoms with Gasteiger partial charge < -0.3 is 15.1 Å². The van der Waals surface area contributed by atoms with Gasteiger partial charge in [0.25, 0.3) is 0 Å². The molecule has 1 aliphatic rings. The topological polar surface area (TPSA) is 44.3 Å². The van der Waals surface area contributed by atoms with E-state index in [1.165, 1.54) is 25.8 Å². The van der Waals surface area contributed by atoms with E-state index in [0.717, 1.165) is 35.6 Å². The summed E-state index contributed by atoms with van der Waals surface area (Å²) in [6.45, 7) is 6.33. The molecule has 0 amide bonds. The zero-order chi connectivity index (χ0) is 14.7. The van der Waals surface area contributed by atoms with Crippen molar-refractivity contribution in [1.29, 1.82) is 0 Å². The first-order chi connectivity index (χ1) is 9.49. The van der Waals surface area contributed by atoms with Crippen molar-refractivity contribution in [2.24, 2.45) is 0 Å². The van der Waals surface area contributed by atoms with Gasteiger partial charge in [-0.25, -0.2) is 4.98 Å². The Labute approximate surface area is 122 Å². The molecule has 1 fully saturated rings. The minimum atomic E-state index is 0.721. The summed E-state index contributed by atoms with van der Waals surface area (Å²) in [7, 11) is 6.17. The Morgan fingerprint density at radius 2 is 2.05 bits per heavy atom. The maximum absolute atomic E-state index is 4.61. The lowest BCUT2D eigenvalue weighted by molar-refractivity contribution is 0.301. The monoisotopic (exact) mass is 277 g/mol. The first-order valence-electron chi connectivity index (χ1n) is 7.45. The average molecular weight is 277 g/mol. The Bertz CT molecular complexity index is 458. The molecule has 112 valence electrons. The number of nitrogens with zero attached hydrogens (tertiary/aromatic N) is 4. The van der Waals surface area contributed by atoms with Crippen LogP contribution in [0.1, 0.15) is 30.5 Å². The minimum Gasteiger partial charge on any atom is -0.370 e. The fourth-order valence-corrected chi connectivity index (χ4v) is 2.69. The van der Waals surface area contributed by atoms with E-state index in [0.29, 0.717) is 0 Å². The van der Waals surface area contributed by atoms with Gasteiger partial charge in [0, 0.05) is 37.9 Å². The summed E-state index contributed by atoms with van der Waals surface area (Å²) in [5, 5.41) is 3.49. The van der Waals surface area contributed by atoms with Gasteiger partial charge in [0.15, 0.2) is 0 Å². The fourth-order valence-electron chi connectivity index (χ4n) is 2.69. The summed E-state index contributed by atoms with van der Waals surface area (Å²) in [4.78, 5) is 13.5. The first kappa shape index (κ1) is 15.0. The van der Waals surface area contributed by atoms with Gasteiger partial charge in [-0.05, 0) is 46.7 Å². The largest absolute Gasteiger partial charge is 0.370 e. The third-order valence-corrected chi connectivity index (χ3v) is 4.22. The van der Waals surface area contributed by atoms with E-state index in [1.807, 2.05) is 25.9 Å². The van der Waals surface area contributed by atoms with E-state index in [-0.39, 0.29) is 0 Å². The maximum Gasteiger partial charge on any atom is 0.227 e. The number of rotatable bonds is 5. The molecule has 1 aromatic rings. The molecular weight excluding hydrogens is 250 g/mol. The third-order valence-electron chi connectivity index (χ3n) is 4.22. The van der Waals surface area contributed by atoms with Crippen LogP contribution < -0.4 is 10.2 Å². The van der Waals surface area contributed by atoms with Gasteiger partial charge in [-0.2, -0.15) is 4.98 Å². The normalized spacial score (nSPS) is 19.4. The summed E-state index contributed by atoms with van der Waals surface area (Å²) < 4.78 is 0. The molecule has 1 atom stereocenters. The van der Waals surface area contributed by atoms with E-state index >= 15 is 0 Å². The van der Waals surface area contributed by atoms with Crippen molar-refractivity contribution in [3.05, 3.63) is 11.3 Å². The van der Waals surface area contributed by atoms with E-state index in [1.54, 1.807) is 0 Å². The number of hydrogen-bond acceptors (Lipinski definition) is 5. The molecule has 2 rings (SSSR count). The zero-order valence-corrected chi connectivity index (χ0v) is 13.4. The van der Waals surface area contributed by atoms with Gasteiger partial charge in [-0.3, -0.25) is 0 Å². The average Bonchev–Trinajstić information content (AvgIpc) is 2.80. The van der Waals surface area contributed by atoms with Gasteiger partial charge in [-0.15, -0.1) is 0 Å². The summed E-state index contributed by atoms with van der Waals surface area (Å²) in [6.07, 6.45) is 3.83. The second kappa shape index (κ2) is 6.39. The van der Waals surface area contributed by atoms with E-state index < -0.39 is 0 Å². The molecule has 0 aliphatic carbocycles. The van der Waals surface area contributed by atoms with Crippen LogP contribution in [0.4, 0.5) is 11.8 Å². The molecule has 1 aromatic heterocycles. The molecule has 0 aromatic carbocycles. The third kappa shape index (κ3) is 3.39. The second-order valence-corrected chi connectivity index (χ2v) is 5.97. The molecule has 1 aliphatic heterocycles. The van der Waals surface area contributed by atoms with Crippen LogP contribution in [0.5, 0.6) is 0 Å². The van der Waals surface area contributed by atoms with E-state index in [9.17, 15) is 0 Å². The molecule has 1 saturated heterocycles. The Hall–Kier alpha value is -1.36. The number of nitrogens with one attached hydrogen (secondary N) is 1. The number of aromatic nitrogens is 2. The van der Waals surface area contributed by atoms with Crippen molar-refractivity contribution < 1.29 is 0 Å². The Morgan fingerprint density at radius 1 is 1.30 bits per heavy atom. The quantitative estimate of drug-likeness (QED) is 0.892. The number of hydrogen-bond donors (Lipinski definition) is 1. The van der Waals surface area contributed by atoms with Crippen LogP contribution in [-0.2, 0) is 0 Å². The highest BCUT2D eigenvalue weighted by molar-refractivity contribution is 5.50. The maximum atomic E-state index is 4.61. The summed E-state index contributed by atoms with van der Waals surface area (Å²) >= 11 is 0. The molecule has 0 spiro atoms. The van der Waals surface area contributed by atoms with Crippen LogP contribution >= 0.6 is 0 Å². The standard InChI is InChI=1S/C15H27N5/c1-11-12(2)17-15(19(3)4)18-14(11)16-9-8-13-7-6-10-20(13)5/h13H,6-10H2,1-5H3,(H,16,17,18)/t13-/m0/s1. The number of likely N-dealkylation sites (tertiary alicyclic amines) is 1. The SMILES string of the molecule is Cc1nc(N(C)C)nc(NCC[C@@H]2CCCN2C)c1C.